The van der Waals surface area contributed by atoms with Gasteiger partial charge in [0.15, 0.2) is 0 Å². The van der Waals surface area contributed by atoms with Crippen LogP contribution in [0.5, 0.6) is 5.75 Å². The first kappa shape index (κ1) is 19.7. The van der Waals surface area contributed by atoms with E-state index < -0.39 is 6.04 Å². The Bertz CT molecular complexity index is 1150. The standard InChI is InChI=1S/C25H25N3O2/c1-17(2)26-25(29)23(18-13-15-20(30-3)16-14-18)28-22-12-8-7-11-21(22)27-24(28)19-9-5-4-6-10-19/h4-17,23H,1-3H3,(H,26,29). The number of benzene rings is 3. The summed E-state index contributed by atoms with van der Waals surface area (Å²) in [6, 6.07) is 25.0. The molecule has 0 fully saturated rings. The molecule has 0 bridgehead atoms. The summed E-state index contributed by atoms with van der Waals surface area (Å²) in [4.78, 5) is 18.3. The van der Waals surface area contributed by atoms with Gasteiger partial charge in [-0.15, -0.1) is 0 Å². The lowest BCUT2D eigenvalue weighted by Gasteiger charge is -2.23. The molecule has 0 spiro atoms. The number of hydrogen-bond acceptors (Lipinski definition) is 3. The van der Waals surface area contributed by atoms with E-state index >= 15 is 0 Å². The quantitative estimate of drug-likeness (QED) is 0.505. The summed E-state index contributed by atoms with van der Waals surface area (Å²) >= 11 is 0. The first-order chi connectivity index (χ1) is 14.6. The zero-order valence-electron chi connectivity index (χ0n) is 17.4. The molecule has 5 nitrogen and oxygen atoms in total. The summed E-state index contributed by atoms with van der Waals surface area (Å²) in [7, 11) is 1.63. The number of aromatic nitrogens is 2. The number of ether oxygens (including phenoxy) is 1. The van der Waals surface area contributed by atoms with Crippen LogP contribution in [0.2, 0.25) is 0 Å². The molecular weight excluding hydrogens is 374 g/mol. The van der Waals surface area contributed by atoms with Gasteiger partial charge in [0.2, 0.25) is 5.91 Å². The van der Waals surface area contributed by atoms with Gasteiger partial charge in [-0.3, -0.25) is 4.79 Å². The molecule has 4 rings (SSSR count). The fourth-order valence-electron chi connectivity index (χ4n) is 3.66. The van der Waals surface area contributed by atoms with Crippen LogP contribution in [0.25, 0.3) is 22.4 Å². The highest BCUT2D eigenvalue weighted by atomic mass is 16.5. The van der Waals surface area contributed by atoms with E-state index in [1.54, 1.807) is 7.11 Å². The minimum atomic E-state index is -0.569. The third-order valence-corrected chi connectivity index (χ3v) is 5.00. The Morgan fingerprint density at radius 1 is 0.933 bits per heavy atom. The summed E-state index contributed by atoms with van der Waals surface area (Å²) in [5.41, 5.74) is 3.60. The number of carbonyl (C=O) groups excluding carboxylic acids is 1. The van der Waals surface area contributed by atoms with Gasteiger partial charge in [0, 0.05) is 11.6 Å². The molecule has 3 aromatic carbocycles. The van der Waals surface area contributed by atoms with Crippen molar-refractivity contribution < 1.29 is 9.53 Å². The summed E-state index contributed by atoms with van der Waals surface area (Å²) in [5, 5.41) is 3.08. The molecule has 1 unspecified atom stereocenters. The van der Waals surface area contributed by atoms with E-state index in [1.807, 2.05) is 97.3 Å². The molecule has 0 radical (unpaired) electrons. The lowest BCUT2D eigenvalue weighted by Crippen LogP contribution is -2.37. The number of fused-ring (bicyclic) bond motifs is 1. The number of nitrogens with zero attached hydrogens (tertiary/aromatic N) is 2. The van der Waals surface area contributed by atoms with Gasteiger partial charge in [0.1, 0.15) is 17.6 Å². The second kappa shape index (κ2) is 8.41. The number of imidazole rings is 1. The zero-order chi connectivity index (χ0) is 21.1. The molecule has 0 aliphatic heterocycles. The van der Waals surface area contributed by atoms with Crippen molar-refractivity contribution in [2.75, 3.05) is 7.11 Å². The fourth-order valence-corrected chi connectivity index (χ4v) is 3.66. The molecular formula is C25H25N3O2. The average molecular weight is 399 g/mol. The number of para-hydroxylation sites is 2. The second-order valence-corrected chi connectivity index (χ2v) is 7.50. The van der Waals surface area contributed by atoms with Crippen molar-refractivity contribution in [3.05, 3.63) is 84.4 Å². The third-order valence-electron chi connectivity index (χ3n) is 5.00. The zero-order valence-corrected chi connectivity index (χ0v) is 17.4. The van der Waals surface area contributed by atoms with Crippen LogP contribution in [-0.2, 0) is 4.79 Å². The predicted molar refractivity (Wildman–Crippen MR) is 120 cm³/mol. The van der Waals surface area contributed by atoms with E-state index in [0.29, 0.717) is 0 Å². The molecule has 1 aromatic heterocycles. The minimum absolute atomic E-state index is 0.0215. The van der Waals surface area contributed by atoms with Crippen molar-refractivity contribution in [3.8, 4) is 17.1 Å². The normalized spacial score (nSPS) is 12.1. The Morgan fingerprint density at radius 2 is 1.60 bits per heavy atom. The average Bonchev–Trinajstić information content (AvgIpc) is 3.14. The smallest absolute Gasteiger partial charge is 0.247 e. The van der Waals surface area contributed by atoms with Crippen molar-refractivity contribution in [2.45, 2.75) is 25.9 Å². The predicted octanol–water partition coefficient (Wildman–Crippen LogP) is 4.83. The van der Waals surface area contributed by atoms with E-state index in [1.165, 1.54) is 0 Å². The number of carbonyl (C=O) groups is 1. The summed E-state index contributed by atoms with van der Waals surface area (Å²) in [6.07, 6.45) is 0. The van der Waals surface area contributed by atoms with Crippen LogP contribution >= 0.6 is 0 Å². The van der Waals surface area contributed by atoms with Crippen LogP contribution in [0.15, 0.2) is 78.9 Å². The molecule has 0 aliphatic rings. The van der Waals surface area contributed by atoms with Crippen LogP contribution < -0.4 is 10.1 Å². The Hall–Kier alpha value is -3.60. The molecule has 1 atom stereocenters. The fraction of sp³-hybridized carbons (Fsp3) is 0.200. The Morgan fingerprint density at radius 3 is 2.27 bits per heavy atom. The topological polar surface area (TPSA) is 56.1 Å². The van der Waals surface area contributed by atoms with Crippen LogP contribution in [0.3, 0.4) is 0 Å². The van der Waals surface area contributed by atoms with Gasteiger partial charge >= 0.3 is 0 Å². The van der Waals surface area contributed by atoms with Crippen molar-refractivity contribution in [3.63, 3.8) is 0 Å². The Balaban J connectivity index is 1.96. The highest BCUT2D eigenvalue weighted by Crippen LogP contribution is 2.32. The largest absolute Gasteiger partial charge is 0.497 e. The maximum Gasteiger partial charge on any atom is 0.247 e. The van der Waals surface area contributed by atoms with Gasteiger partial charge in [-0.25, -0.2) is 4.98 Å². The molecule has 30 heavy (non-hydrogen) atoms. The molecule has 0 aliphatic carbocycles. The molecule has 0 saturated heterocycles. The number of nitrogens with one attached hydrogen (secondary N) is 1. The molecule has 152 valence electrons. The van der Waals surface area contributed by atoms with E-state index in [2.05, 4.69) is 5.32 Å². The minimum Gasteiger partial charge on any atom is -0.497 e. The summed E-state index contributed by atoms with van der Waals surface area (Å²) < 4.78 is 7.34. The number of amides is 1. The Kier molecular flexibility index (Phi) is 5.53. The molecule has 1 amide bonds. The monoisotopic (exact) mass is 399 g/mol. The lowest BCUT2D eigenvalue weighted by atomic mass is 10.0. The highest BCUT2D eigenvalue weighted by molar-refractivity contribution is 5.89. The lowest BCUT2D eigenvalue weighted by molar-refractivity contribution is -0.123. The van der Waals surface area contributed by atoms with E-state index in [0.717, 1.165) is 33.7 Å². The van der Waals surface area contributed by atoms with Gasteiger partial charge in [0.05, 0.1) is 18.1 Å². The van der Waals surface area contributed by atoms with Crippen LogP contribution in [0, 0.1) is 0 Å². The molecule has 5 heteroatoms. The maximum absolute atomic E-state index is 13.4. The molecule has 0 saturated carbocycles. The molecule has 1 heterocycles. The first-order valence-electron chi connectivity index (χ1n) is 10.0. The van der Waals surface area contributed by atoms with Crippen molar-refractivity contribution in [1.29, 1.82) is 0 Å². The number of methoxy groups -OCH3 is 1. The van der Waals surface area contributed by atoms with Crippen LogP contribution in [0.4, 0.5) is 0 Å². The van der Waals surface area contributed by atoms with Crippen molar-refractivity contribution in [1.82, 2.24) is 14.9 Å². The van der Waals surface area contributed by atoms with Crippen molar-refractivity contribution >= 4 is 16.9 Å². The second-order valence-electron chi connectivity index (χ2n) is 7.50. The van der Waals surface area contributed by atoms with Crippen molar-refractivity contribution in [2.24, 2.45) is 0 Å². The first-order valence-corrected chi connectivity index (χ1v) is 10.0. The Labute approximate surface area is 176 Å². The van der Waals surface area contributed by atoms with Gasteiger partial charge in [0.25, 0.3) is 0 Å². The summed E-state index contributed by atoms with van der Waals surface area (Å²) in [6.45, 7) is 3.93. The summed E-state index contributed by atoms with van der Waals surface area (Å²) in [5.74, 6) is 1.44. The van der Waals surface area contributed by atoms with E-state index in [4.69, 9.17) is 9.72 Å². The van der Waals surface area contributed by atoms with Crippen LogP contribution in [-0.4, -0.2) is 28.6 Å². The number of rotatable bonds is 6. The van der Waals surface area contributed by atoms with Gasteiger partial charge in [-0.1, -0.05) is 54.6 Å². The number of hydrogen-bond donors (Lipinski definition) is 1. The maximum atomic E-state index is 13.4. The van der Waals surface area contributed by atoms with Gasteiger partial charge < -0.3 is 14.6 Å². The van der Waals surface area contributed by atoms with E-state index in [9.17, 15) is 4.79 Å². The highest BCUT2D eigenvalue weighted by Gasteiger charge is 2.28. The van der Waals surface area contributed by atoms with Gasteiger partial charge in [-0.2, -0.15) is 0 Å². The SMILES string of the molecule is COc1ccc(C(C(=O)NC(C)C)n2c(-c3ccccc3)nc3ccccc32)cc1. The molecule has 4 aromatic rings. The molecule has 1 N–H and O–H groups in total. The van der Waals surface area contributed by atoms with Gasteiger partial charge in [-0.05, 0) is 43.7 Å². The van der Waals surface area contributed by atoms with Crippen LogP contribution in [0.1, 0.15) is 25.5 Å². The third kappa shape index (κ3) is 3.79. The van der Waals surface area contributed by atoms with E-state index in [-0.39, 0.29) is 11.9 Å².